The van der Waals surface area contributed by atoms with Crippen molar-refractivity contribution in [2.45, 2.75) is 39.0 Å². The lowest BCUT2D eigenvalue weighted by Crippen LogP contribution is -2.41. The van der Waals surface area contributed by atoms with Crippen molar-refractivity contribution >= 4 is 28.6 Å². The number of rotatable bonds is 2. The number of nitrogens with zero attached hydrogens (tertiary/aromatic N) is 4. The second kappa shape index (κ2) is 6.69. The van der Waals surface area contributed by atoms with Crippen LogP contribution >= 0.6 is 11.6 Å². The predicted octanol–water partition coefficient (Wildman–Crippen LogP) is 5.22. The number of fused-ring (bicyclic) bond motifs is 1. The first-order valence-corrected chi connectivity index (χ1v) is 10.3. The lowest BCUT2D eigenvalue weighted by atomic mass is 9.71. The molecule has 5 nitrogen and oxygen atoms in total. The molecule has 2 fully saturated rings. The maximum atomic E-state index is 13.5. The van der Waals surface area contributed by atoms with Crippen LogP contribution in [-0.2, 0) is 0 Å². The minimum Gasteiger partial charge on any atom is -0.355 e. The highest BCUT2D eigenvalue weighted by atomic mass is 35.5. The average Bonchev–Trinajstić information content (AvgIpc) is 3.28. The molecule has 3 heterocycles. The quantitative estimate of drug-likeness (QED) is 0.641. The van der Waals surface area contributed by atoms with E-state index in [2.05, 4.69) is 27.0 Å². The van der Waals surface area contributed by atoms with E-state index in [1.54, 1.807) is 12.1 Å². The van der Waals surface area contributed by atoms with Gasteiger partial charge in [0.1, 0.15) is 17.2 Å². The van der Waals surface area contributed by atoms with E-state index in [9.17, 15) is 4.39 Å². The Kier molecular flexibility index (Phi) is 4.27. The molecule has 1 atom stereocenters. The van der Waals surface area contributed by atoms with E-state index in [0.29, 0.717) is 22.3 Å². The highest BCUT2D eigenvalue weighted by Gasteiger charge is 2.42. The van der Waals surface area contributed by atoms with Crippen molar-refractivity contribution in [3.63, 3.8) is 0 Å². The smallest absolute Gasteiger partial charge is 0.202 e. The fourth-order valence-corrected chi connectivity index (χ4v) is 5.21. The summed E-state index contributed by atoms with van der Waals surface area (Å²) >= 11 is 5.92. The first-order chi connectivity index (χ1) is 13.6. The molecule has 1 saturated heterocycles. The van der Waals surface area contributed by atoms with E-state index in [0.717, 1.165) is 30.4 Å². The molecule has 146 valence electrons. The zero-order valence-electron chi connectivity index (χ0n) is 15.9. The van der Waals surface area contributed by atoms with Crippen molar-refractivity contribution in [1.82, 2.24) is 20.2 Å². The number of hydrogen-bond acceptors (Lipinski definition) is 4. The molecule has 1 aliphatic carbocycles. The molecule has 1 saturated carbocycles. The molecule has 1 spiro atoms. The molecule has 28 heavy (non-hydrogen) atoms. The van der Waals surface area contributed by atoms with Crippen molar-refractivity contribution in [1.29, 1.82) is 0 Å². The number of piperidine rings is 1. The third-order valence-corrected chi connectivity index (χ3v) is 7.19. The summed E-state index contributed by atoms with van der Waals surface area (Å²) in [6.45, 7) is 4.46. The lowest BCUT2D eigenvalue weighted by Gasteiger charge is -2.42. The molecular weight excluding hydrogens is 377 g/mol. The van der Waals surface area contributed by atoms with Crippen molar-refractivity contribution in [3.8, 4) is 11.3 Å². The molecule has 2 aliphatic rings. The van der Waals surface area contributed by atoms with Crippen LogP contribution in [0.1, 0.15) is 39.0 Å². The Labute approximate surface area is 168 Å². The number of aromatic nitrogens is 4. The standard InChI is InChI=1S/C21H23ClFN5/c1-13-3-2-6-21(13)7-9-28(10-8-21)17-12-24-19-18(26-27-20(19)25-17)14-4-5-16(23)15(22)11-14/h4-5,11-13H,2-3,6-10H2,1H3,(H,25,26,27)/t13-/m1/s1. The van der Waals surface area contributed by atoms with Gasteiger partial charge in [0.05, 0.1) is 16.9 Å². The molecule has 0 amide bonds. The molecule has 3 aromatic rings. The molecular formula is C21H23ClFN5. The van der Waals surface area contributed by atoms with Crippen LogP contribution < -0.4 is 4.90 Å². The Bertz CT molecular complexity index is 1020. The second-order valence-corrected chi connectivity index (χ2v) is 8.68. The van der Waals surface area contributed by atoms with Crippen LogP contribution in [0.15, 0.2) is 24.4 Å². The molecule has 0 bridgehead atoms. The van der Waals surface area contributed by atoms with Gasteiger partial charge in [-0.05, 0) is 48.8 Å². The van der Waals surface area contributed by atoms with Crippen LogP contribution in [0.3, 0.4) is 0 Å². The summed E-state index contributed by atoms with van der Waals surface area (Å²) in [4.78, 5) is 11.7. The number of nitrogens with one attached hydrogen (secondary N) is 1. The van der Waals surface area contributed by atoms with Gasteiger partial charge in [-0.3, -0.25) is 5.10 Å². The zero-order chi connectivity index (χ0) is 19.3. The van der Waals surface area contributed by atoms with E-state index >= 15 is 0 Å². The highest BCUT2D eigenvalue weighted by molar-refractivity contribution is 6.31. The highest BCUT2D eigenvalue weighted by Crippen LogP contribution is 2.50. The van der Waals surface area contributed by atoms with E-state index < -0.39 is 5.82 Å². The Morgan fingerprint density at radius 3 is 2.79 bits per heavy atom. The van der Waals surface area contributed by atoms with Gasteiger partial charge in [-0.15, -0.1) is 0 Å². The molecule has 1 aliphatic heterocycles. The normalized spacial score (nSPS) is 21.7. The summed E-state index contributed by atoms with van der Waals surface area (Å²) < 4.78 is 13.5. The fourth-order valence-electron chi connectivity index (χ4n) is 5.03. The lowest BCUT2D eigenvalue weighted by molar-refractivity contribution is 0.161. The van der Waals surface area contributed by atoms with Crippen LogP contribution in [0, 0.1) is 17.2 Å². The van der Waals surface area contributed by atoms with Crippen molar-refractivity contribution in [2.24, 2.45) is 11.3 Å². The van der Waals surface area contributed by atoms with Crippen LogP contribution in [-0.4, -0.2) is 33.3 Å². The minimum absolute atomic E-state index is 0.0771. The van der Waals surface area contributed by atoms with Gasteiger partial charge < -0.3 is 4.90 Å². The molecule has 2 aromatic heterocycles. The molecule has 0 unspecified atom stereocenters. The summed E-state index contributed by atoms with van der Waals surface area (Å²) in [5, 5.41) is 7.38. The van der Waals surface area contributed by atoms with E-state index in [1.165, 1.54) is 38.2 Å². The number of H-pyrrole nitrogens is 1. The van der Waals surface area contributed by atoms with Gasteiger partial charge >= 0.3 is 0 Å². The van der Waals surface area contributed by atoms with E-state index in [-0.39, 0.29) is 5.02 Å². The Hall–Kier alpha value is -2.21. The first kappa shape index (κ1) is 17.9. The zero-order valence-corrected chi connectivity index (χ0v) is 16.6. The van der Waals surface area contributed by atoms with Gasteiger partial charge in [0.15, 0.2) is 0 Å². The van der Waals surface area contributed by atoms with Crippen molar-refractivity contribution in [3.05, 3.63) is 35.2 Å². The number of benzene rings is 1. The third-order valence-electron chi connectivity index (χ3n) is 6.90. The molecule has 7 heteroatoms. The summed E-state index contributed by atoms with van der Waals surface area (Å²) in [6.07, 6.45) is 8.39. The largest absolute Gasteiger partial charge is 0.355 e. The summed E-state index contributed by atoms with van der Waals surface area (Å²) in [7, 11) is 0. The van der Waals surface area contributed by atoms with Crippen molar-refractivity contribution in [2.75, 3.05) is 18.0 Å². The SMILES string of the molecule is C[C@@H]1CCCC12CCN(c1cnc3c(-c4ccc(F)c(Cl)c4)[nH]nc3n1)CC2. The molecule has 1 N–H and O–H groups in total. The third kappa shape index (κ3) is 2.85. The molecule has 0 radical (unpaired) electrons. The van der Waals surface area contributed by atoms with Crippen LogP contribution in [0.5, 0.6) is 0 Å². The number of anilines is 1. The van der Waals surface area contributed by atoms with Crippen LogP contribution in [0.2, 0.25) is 5.02 Å². The van der Waals surface area contributed by atoms with Gasteiger partial charge in [0.2, 0.25) is 5.65 Å². The predicted molar refractivity (Wildman–Crippen MR) is 109 cm³/mol. The van der Waals surface area contributed by atoms with Gasteiger partial charge in [0.25, 0.3) is 0 Å². The topological polar surface area (TPSA) is 57.7 Å². The van der Waals surface area contributed by atoms with Gasteiger partial charge in [0, 0.05) is 18.7 Å². The maximum absolute atomic E-state index is 13.5. The number of hydrogen-bond donors (Lipinski definition) is 1. The molecule has 5 rings (SSSR count). The van der Waals surface area contributed by atoms with E-state index in [1.807, 2.05) is 6.20 Å². The monoisotopic (exact) mass is 399 g/mol. The maximum Gasteiger partial charge on any atom is 0.202 e. The summed E-state index contributed by atoms with van der Waals surface area (Å²) in [5.41, 5.74) is 3.22. The average molecular weight is 400 g/mol. The van der Waals surface area contributed by atoms with Crippen LogP contribution in [0.25, 0.3) is 22.4 Å². The van der Waals surface area contributed by atoms with Crippen molar-refractivity contribution < 1.29 is 4.39 Å². The number of halogens is 2. The summed E-state index contributed by atoms with van der Waals surface area (Å²) in [5.74, 6) is 1.27. The number of aromatic amines is 1. The fraction of sp³-hybridized carbons (Fsp3) is 0.476. The Morgan fingerprint density at radius 1 is 1.25 bits per heavy atom. The van der Waals surface area contributed by atoms with Crippen LogP contribution in [0.4, 0.5) is 10.2 Å². The second-order valence-electron chi connectivity index (χ2n) is 8.27. The van der Waals surface area contributed by atoms with E-state index in [4.69, 9.17) is 16.6 Å². The first-order valence-electron chi connectivity index (χ1n) is 9.97. The Morgan fingerprint density at radius 2 is 2.07 bits per heavy atom. The Balaban J connectivity index is 1.40. The summed E-state index contributed by atoms with van der Waals surface area (Å²) in [6, 6.07) is 4.59. The molecule has 1 aromatic carbocycles. The van der Waals surface area contributed by atoms with Gasteiger partial charge in [-0.25, -0.2) is 14.4 Å². The minimum atomic E-state index is -0.443. The van der Waals surface area contributed by atoms with Gasteiger partial charge in [-0.2, -0.15) is 5.10 Å². The van der Waals surface area contributed by atoms with Gasteiger partial charge in [-0.1, -0.05) is 31.4 Å².